The molecule has 1 amide bonds. The third-order valence-corrected chi connectivity index (χ3v) is 5.91. The number of hydrogen-bond acceptors (Lipinski definition) is 3. The van der Waals surface area contributed by atoms with Gasteiger partial charge >= 0.3 is 0 Å². The second-order valence-corrected chi connectivity index (χ2v) is 7.90. The minimum atomic E-state index is -2.67. The maximum atomic E-state index is 12.9. The van der Waals surface area contributed by atoms with Crippen molar-refractivity contribution in [3.8, 4) is 0 Å². The molecule has 30 heavy (non-hydrogen) atoms. The summed E-state index contributed by atoms with van der Waals surface area (Å²) in [6.45, 7) is -0.105. The zero-order valence-corrected chi connectivity index (χ0v) is 17.0. The van der Waals surface area contributed by atoms with Crippen molar-refractivity contribution in [3.05, 3.63) is 82.0 Å². The molecule has 0 aliphatic heterocycles. The third-order valence-electron chi connectivity index (χ3n) is 4.63. The summed E-state index contributed by atoms with van der Waals surface area (Å²) in [4.78, 5) is 25.8. The number of alkyl halides is 2. The Bertz CT molecular complexity index is 1260. The molecule has 4 nitrogen and oxygen atoms in total. The van der Waals surface area contributed by atoms with E-state index in [-0.39, 0.29) is 39.3 Å². The van der Waals surface area contributed by atoms with Crippen molar-refractivity contribution in [3.63, 3.8) is 0 Å². The van der Waals surface area contributed by atoms with Gasteiger partial charge in [-0.25, -0.2) is 0 Å². The Labute approximate surface area is 179 Å². The van der Waals surface area contributed by atoms with Crippen LogP contribution in [-0.2, 0) is 11.3 Å². The molecule has 4 rings (SSSR count). The highest BCUT2D eigenvalue weighted by molar-refractivity contribution is 7.99. The first-order valence-corrected chi connectivity index (χ1v) is 10.2. The quantitative estimate of drug-likeness (QED) is 0.314. The van der Waals surface area contributed by atoms with Gasteiger partial charge in [0.05, 0.1) is 26.6 Å². The number of rotatable bonds is 5. The molecular weight excluding hydrogens is 430 g/mol. The lowest BCUT2D eigenvalue weighted by atomic mass is 10.1. The summed E-state index contributed by atoms with van der Waals surface area (Å²) >= 11 is 6.32. The lowest BCUT2D eigenvalue weighted by Crippen LogP contribution is -2.22. The van der Waals surface area contributed by atoms with Gasteiger partial charge in [0.1, 0.15) is 6.54 Å². The molecule has 1 aromatic heterocycles. The number of thioether (sulfide) groups is 1. The smallest absolute Gasteiger partial charge is 0.289 e. The monoisotopic (exact) mass is 444 g/mol. The van der Waals surface area contributed by atoms with Crippen LogP contribution in [0.4, 0.5) is 14.5 Å². The summed E-state index contributed by atoms with van der Waals surface area (Å²) in [7, 11) is 0. The van der Waals surface area contributed by atoms with Gasteiger partial charge in [-0.3, -0.25) is 9.59 Å². The number of anilines is 1. The predicted octanol–water partition coefficient (Wildman–Crippen LogP) is 5.76. The molecule has 152 valence electrons. The molecule has 1 heterocycles. The average Bonchev–Trinajstić information content (AvgIpc) is 2.73. The van der Waals surface area contributed by atoms with E-state index in [9.17, 15) is 18.4 Å². The Hall–Kier alpha value is -2.90. The SMILES string of the molecule is O=C(Cn1c2ccccc2c(=O)c2ccccc21)Nc1cccc(Cl)c1SC(F)F. The molecule has 1 N–H and O–H groups in total. The molecule has 4 aromatic rings. The highest BCUT2D eigenvalue weighted by Gasteiger charge is 2.17. The second-order valence-electron chi connectivity index (χ2n) is 6.49. The largest absolute Gasteiger partial charge is 0.331 e. The number of carbonyl (C=O) groups excluding carboxylic acids is 1. The highest BCUT2D eigenvalue weighted by Crippen LogP contribution is 2.37. The van der Waals surface area contributed by atoms with Gasteiger partial charge in [-0.1, -0.05) is 53.7 Å². The Kier molecular flexibility index (Phi) is 5.74. The zero-order valence-electron chi connectivity index (χ0n) is 15.4. The van der Waals surface area contributed by atoms with Crippen LogP contribution in [0, 0.1) is 0 Å². The van der Waals surface area contributed by atoms with E-state index < -0.39 is 11.7 Å². The van der Waals surface area contributed by atoms with Crippen molar-refractivity contribution >= 4 is 56.8 Å². The van der Waals surface area contributed by atoms with Crippen LogP contribution in [0.1, 0.15) is 0 Å². The molecule has 0 fully saturated rings. The van der Waals surface area contributed by atoms with Gasteiger partial charge in [0.2, 0.25) is 5.91 Å². The lowest BCUT2D eigenvalue weighted by molar-refractivity contribution is -0.116. The van der Waals surface area contributed by atoms with E-state index in [0.717, 1.165) is 0 Å². The molecular formula is C22H15ClF2N2O2S. The van der Waals surface area contributed by atoms with Crippen molar-refractivity contribution < 1.29 is 13.6 Å². The first-order chi connectivity index (χ1) is 14.5. The number of nitrogens with one attached hydrogen (secondary N) is 1. The molecule has 8 heteroatoms. The number of nitrogens with zero attached hydrogens (tertiary/aromatic N) is 1. The topological polar surface area (TPSA) is 51.1 Å². The van der Waals surface area contributed by atoms with Crippen LogP contribution in [0.5, 0.6) is 0 Å². The summed E-state index contributed by atoms with van der Waals surface area (Å²) in [5, 5.41) is 3.81. The summed E-state index contributed by atoms with van der Waals surface area (Å²) < 4.78 is 27.6. The first-order valence-electron chi connectivity index (χ1n) is 8.99. The van der Waals surface area contributed by atoms with Crippen molar-refractivity contribution in [2.45, 2.75) is 17.2 Å². The molecule has 0 aliphatic carbocycles. The molecule has 0 saturated heterocycles. The first kappa shape index (κ1) is 20.4. The number of aromatic nitrogens is 1. The van der Waals surface area contributed by atoms with Gasteiger partial charge in [0.25, 0.3) is 5.76 Å². The number of halogens is 3. The molecule has 3 aromatic carbocycles. The van der Waals surface area contributed by atoms with Crippen LogP contribution < -0.4 is 10.7 Å². The number of pyridine rings is 1. The number of carbonyl (C=O) groups is 1. The molecule has 0 atom stereocenters. The van der Waals surface area contributed by atoms with Gasteiger partial charge in [-0.05, 0) is 36.4 Å². The third kappa shape index (κ3) is 3.91. The van der Waals surface area contributed by atoms with Crippen LogP contribution in [0.25, 0.3) is 21.8 Å². The number of fused-ring (bicyclic) bond motifs is 2. The Morgan fingerprint density at radius 1 is 0.967 bits per heavy atom. The van der Waals surface area contributed by atoms with E-state index in [2.05, 4.69) is 5.32 Å². The molecule has 0 aliphatic rings. The van der Waals surface area contributed by atoms with Crippen molar-refractivity contribution in [2.24, 2.45) is 0 Å². The van der Waals surface area contributed by atoms with Crippen LogP contribution in [0.15, 0.2) is 76.4 Å². The van der Waals surface area contributed by atoms with E-state index in [4.69, 9.17) is 11.6 Å². The van der Waals surface area contributed by atoms with E-state index in [1.54, 1.807) is 59.2 Å². The summed E-state index contributed by atoms with van der Waals surface area (Å²) in [6, 6.07) is 18.7. The highest BCUT2D eigenvalue weighted by atomic mass is 35.5. The molecule has 0 bridgehead atoms. The van der Waals surface area contributed by atoms with Gasteiger partial charge in [-0.15, -0.1) is 0 Å². The second kappa shape index (κ2) is 8.45. The Morgan fingerprint density at radius 2 is 1.57 bits per heavy atom. The fourth-order valence-electron chi connectivity index (χ4n) is 3.40. The normalized spacial score (nSPS) is 11.3. The van der Waals surface area contributed by atoms with Crippen molar-refractivity contribution in [1.82, 2.24) is 4.57 Å². The number of benzene rings is 3. The van der Waals surface area contributed by atoms with E-state index in [0.29, 0.717) is 21.8 Å². The van der Waals surface area contributed by atoms with E-state index in [1.165, 1.54) is 12.1 Å². The number of para-hydroxylation sites is 2. The average molecular weight is 445 g/mol. The van der Waals surface area contributed by atoms with Crippen LogP contribution in [-0.4, -0.2) is 16.2 Å². The zero-order chi connectivity index (χ0) is 21.3. The number of hydrogen-bond donors (Lipinski definition) is 1. The Balaban J connectivity index is 1.75. The fraction of sp³-hybridized carbons (Fsp3) is 0.0909. The summed E-state index contributed by atoms with van der Waals surface area (Å²) in [5.74, 6) is -3.10. The van der Waals surface area contributed by atoms with Crippen molar-refractivity contribution in [1.29, 1.82) is 0 Å². The number of amides is 1. The van der Waals surface area contributed by atoms with Crippen LogP contribution in [0.3, 0.4) is 0 Å². The fourth-order valence-corrected chi connectivity index (χ4v) is 4.31. The van der Waals surface area contributed by atoms with Gasteiger partial charge in [0.15, 0.2) is 5.43 Å². The van der Waals surface area contributed by atoms with E-state index in [1.807, 2.05) is 0 Å². The molecule has 0 unspecified atom stereocenters. The van der Waals surface area contributed by atoms with Crippen LogP contribution >= 0.6 is 23.4 Å². The summed E-state index contributed by atoms with van der Waals surface area (Å²) in [6.07, 6.45) is 0. The standard InChI is InChI=1S/C22H15ClF2N2O2S/c23-15-8-5-9-16(21(15)30-22(24)25)26-19(28)12-27-17-10-3-1-6-13(17)20(29)14-7-2-4-11-18(14)27/h1-11,22H,12H2,(H,26,28). The lowest BCUT2D eigenvalue weighted by Gasteiger charge is -2.16. The maximum absolute atomic E-state index is 12.9. The van der Waals surface area contributed by atoms with Gasteiger partial charge in [-0.2, -0.15) is 8.78 Å². The molecule has 0 saturated carbocycles. The minimum absolute atomic E-state index is 0.105. The van der Waals surface area contributed by atoms with Crippen LogP contribution in [0.2, 0.25) is 5.02 Å². The van der Waals surface area contributed by atoms with Gasteiger partial charge in [0, 0.05) is 10.8 Å². The molecule has 0 radical (unpaired) electrons. The molecule has 0 spiro atoms. The maximum Gasteiger partial charge on any atom is 0.289 e. The Morgan fingerprint density at radius 3 is 2.17 bits per heavy atom. The van der Waals surface area contributed by atoms with E-state index >= 15 is 0 Å². The summed E-state index contributed by atoms with van der Waals surface area (Å²) in [5.41, 5.74) is 1.34. The predicted molar refractivity (Wildman–Crippen MR) is 118 cm³/mol. The van der Waals surface area contributed by atoms with Crippen molar-refractivity contribution in [2.75, 3.05) is 5.32 Å². The van der Waals surface area contributed by atoms with Gasteiger partial charge < -0.3 is 9.88 Å². The minimum Gasteiger partial charge on any atom is -0.331 e.